The highest BCUT2D eigenvalue weighted by Gasteiger charge is 2.38. The predicted octanol–water partition coefficient (Wildman–Crippen LogP) is 2.40. The zero-order chi connectivity index (χ0) is 20.5. The van der Waals surface area contributed by atoms with Gasteiger partial charge in [0.15, 0.2) is 6.10 Å². The molecule has 3 heterocycles. The van der Waals surface area contributed by atoms with E-state index in [0.29, 0.717) is 30.2 Å². The zero-order valence-electron chi connectivity index (χ0n) is 17.2. The number of benzene rings is 1. The van der Waals surface area contributed by atoms with E-state index >= 15 is 0 Å². The number of hydrogen-bond donors (Lipinski definition) is 0. The van der Waals surface area contributed by atoms with E-state index < -0.39 is 6.10 Å². The molecule has 7 nitrogen and oxygen atoms in total. The number of hydrogen-bond acceptors (Lipinski definition) is 5. The van der Waals surface area contributed by atoms with Crippen molar-refractivity contribution in [1.82, 2.24) is 14.8 Å². The van der Waals surface area contributed by atoms with Crippen LogP contribution in [-0.2, 0) is 9.53 Å². The summed E-state index contributed by atoms with van der Waals surface area (Å²) in [5.41, 5.74) is 2.25. The van der Waals surface area contributed by atoms with Crippen LogP contribution in [0, 0.1) is 12.5 Å². The number of nitrogens with zero attached hydrogens (tertiary/aromatic N) is 5. The molecule has 2 saturated heterocycles. The summed E-state index contributed by atoms with van der Waals surface area (Å²) >= 11 is 0. The number of ether oxygens (including phenoxy) is 1. The molecular formula is C22H27N5O2. The van der Waals surface area contributed by atoms with Crippen LogP contribution in [0.5, 0.6) is 0 Å². The molecular weight excluding hydrogens is 366 g/mol. The van der Waals surface area contributed by atoms with Crippen LogP contribution >= 0.6 is 0 Å². The van der Waals surface area contributed by atoms with E-state index in [1.807, 2.05) is 36.1 Å². The van der Waals surface area contributed by atoms with Gasteiger partial charge in [-0.2, -0.15) is 0 Å². The maximum Gasteiger partial charge on any atom is 0.253 e. The number of fused-ring (bicyclic) bond motifs is 1. The summed E-state index contributed by atoms with van der Waals surface area (Å²) in [6, 6.07) is 7.66. The molecule has 0 aliphatic carbocycles. The van der Waals surface area contributed by atoms with Gasteiger partial charge in [-0.15, -0.1) is 0 Å². The molecule has 2 aromatic rings. The van der Waals surface area contributed by atoms with Gasteiger partial charge in [-0.3, -0.25) is 9.78 Å². The standard InChI is InChI=1S/C22H27N5O2/c1-15-10-26(19-8-7-18(23-2)21-17(19)6-5-9-24-21)14-20(29-15)22(28)27-12-16(13-27)11-25(3)4/h5-9,15-16,20H,10-14H2,1,3-4H3/t15-,20-/m1/s1. The first-order valence-electron chi connectivity index (χ1n) is 10.1. The molecule has 4 rings (SSSR count). The molecule has 2 fully saturated rings. The molecule has 1 amide bonds. The lowest BCUT2D eigenvalue weighted by Gasteiger charge is -2.45. The van der Waals surface area contributed by atoms with Gasteiger partial charge < -0.3 is 19.4 Å². The fraction of sp³-hybridized carbons (Fsp3) is 0.500. The second kappa shape index (κ2) is 7.97. The van der Waals surface area contributed by atoms with E-state index in [0.717, 1.165) is 30.7 Å². The van der Waals surface area contributed by atoms with E-state index in [4.69, 9.17) is 11.3 Å². The Bertz CT molecular complexity index is 948. The Kier molecular flexibility index (Phi) is 5.39. The van der Waals surface area contributed by atoms with Crippen molar-refractivity contribution in [3.8, 4) is 0 Å². The number of amides is 1. The Balaban J connectivity index is 1.53. The van der Waals surface area contributed by atoms with Gasteiger partial charge in [-0.05, 0) is 33.2 Å². The number of pyridine rings is 1. The summed E-state index contributed by atoms with van der Waals surface area (Å²) in [5.74, 6) is 0.624. The lowest BCUT2D eigenvalue weighted by Crippen LogP contribution is -2.60. The highest BCUT2D eigenvalue weighted by molar-refractivity contribution is 6.00. The number of aromatic nitrogens is 1. The van der Waals surface area contributed by atoms with Crippen molar-refractivity contribution in [2.75, 3.05) is 51.7 Å². The van der Waals surface area contributed by atoms with Crippen LogP contribution in [0.1, 0.15) is 6.92 Å². The molecule has 2 aliphatic heterocycles. The van der Waals surface area contributed by atoms with Gasteiger partial charge in [0.25, 0.3) is 5.91 Å². The van der Waals surface area contributed by atoms with Crippen molar-refractivity contribution in [2.24, 2.45) is 5.92 Å². The lowest BCUT2D eigenvalue weighted by molar-refractivity contribution is -0.155. The summed E-state index contributed by atoms with van der Waals surface area (Å²) in [5, 5.41) is 0.941. The highest BCUT2D eigenvalue weighted by atomic mass is 16.5. The van der Waals surface area contributed by atoms with Gasteiger partial charge in [0, 0.05) is 49.4 Å². The summed E-state index contributed by atoms with van der Waals surface area (Å²) in [6.07, 6.45) is 1.19. The zero-order valence-corrected chi connectivity index (χ0v) is 17.2. The molecule has 0 radical (unpaired) electrons. The second-order valence-electron chi connectivity index (χ2n) is 8.33. The number of rotatable bonds is 4. The SMILES string of the molecule is [C-]#[N+]c1ccc(N2C[C@@H](C)O[C@@H](C(=O)N3CC(CN(C)C)C3)C2)c2cccnc12. The number of likely N-dealkylation sites (tertiary alicyclic amines) is 1. The second-order valence-corrected chi connectivity index (χ2v) is 8.33. The smallest absolute Gasteiger partial charge is 0.253 e. The lowest BCUT2D eigenvalue weighted by atomic mass is 9.98. The molecule has 2 atom stereocenters. The van der Waals surface area contributed by atoms with E-state index in [2.05, 4.69) is 33.7 Å². The summed E-state index contributed by atoms with van der Waals surface area (Å²) in [6.45, 7) is 13.2. The molecule has 1 aromatic carbocycles. The first-order valence-corrected chi connectivity index (χ1v) is 10.1. The third kappa shape index (κ3) is 3.91. The van der Waals surface area contributed by atoms with Crippen molar-refractivity contribution in [3.05, 3.63) is 41.9 Å². The van der Waals surface area contributed by atoms with Crippen LogP contribution in [0.2, 0.25) is 0 Å². The quantitative estimate of drug-likeness (QED) is 0.747. The van der Waals surface area contributed by atoms with Gasteiger partial charge in [0.1, 0.15) is 0 Å². The molecule has 0 bridgehead atoms. The first-order chi connectivity index (χ1) is 14.0. The van der Waals surface area contributed by atoms with Gasteiger partial charge >= 0.3 is 0 Å². The van der Waals surface area contributed by atoms with E-state index in [9.17, 15) is 4.79 Å². The van der Waals surface area contributed by atoms with E-state index in [1.54, 1.807) is 6.20 Å². The largest absolute Gasteiger partial charge is 0.365 e. The Morgan fingerprint density at radius 2 is 2.07 bits per heavy atom. The maximum absolute atomic E-state index is 13.0. The fourth-order valence-electron chi connectivity index (χ4n) is 4.38. The Labute approximate surface area is 171 Å². The van der Waals surface area contributed by atoms with Crippen molar-refractivity contribution >= 4 is 28.2 Å². The van der Waals surface area contributed by atoms with Crippen LogP contribution in [-0.4, -0.2) is 79.7 Å². The van der Waals surface area contributed by atoms with Crippen molar-refractivity contribution in [1.29, 1.82) is 0 Å². The summed E-state index contributed by atoms with van der Waals surface area (Å²) in [4.78, 5) is 27.3. The van der Waals surface area contributed by atoms with Crippen LogP contribution in [0.3, 0.4) is 0 Å². The molecule has 0 saturated carbocycles. The Morgan fingerprint density at radius 1 is 1.28 bits per heavy atom. The molecule has 2 aliphatic rings. The molecule has 0 spiro atoms. The first kappa shape index (κ1) is 19.6. The topological polar surface area (TPSA) is 53.3 Å². The molecule has 0 N–H and O–H groups in total. The van der Waals surface area contributed by atoms with Crippen molar-refractivity contribution < 1.29 is 9.53 Å². The number of morpholine rings is 1. The predicted molar refractivity (Wildman–Crippen MR) is 113 cm³/mol. The van der Waals surface area contributed by atoms with Crippen LogP contribution in [0.25, 0.3) is 15.7 Å². The number of carbonyl (C=O) groups is 1. The van der Waals surface area contributed by atoms with Crippen LogP contribution in [0.4, 0.5) is 11.4 Å². The fourth-order valence-corrected chi connectivity index (χ4v) is 4.38. The Hall–Kier alpha value is -2.69. The van der Waals surface area contributed by atoms with E-state index in [-0.39, 0.29) is 12.0 Å². The monoisotopic (exact) mass is 393 g/mol. The summed E-state index contributed by atoms with van der Waals surface area (Å²) < 4.78 is 6.02. The molecule has 7 heteroatoms. The number of carbonyl (C=O) groups excluding carboxylic acids is 1. The Morgan fingerprint density at radius 3 is 2.79 bits per heavy atom. The van der Waals surface area contributed by atoms with Crippen LogP contribution < -0.4 is 4.90 Å². The van der Waals surface area contributed by atoms with Crippen LogP contribution in [0.15, 0.2) is 30.5 Å². The van der Waals surface area contributed by atoms with Gasteiger partial charge in [-0.25, -0.2) is 4.85 Å². The maximum atomic E-state index is 13.0. The highest BCUT2D eigenvalue weighted by Crippen LogP contribution is 2.34. The minimum absolute atomic E-state index is 0.0520. The van der Waals surface area contributed by atoms with E-state index in [1.165, 1.54) is 0 Å². The third-order valence-electron chi connectivity index (χ3n) is 5.61. The van der Waals surface area contributed by atoms with Gasteiger partial charge in [0.2, 0.25) is 5.69 Å². The number of anilines is 1. The minimum Gasteiger partial charge on any atom is -0.365 e. The van der Waals surface area contributed by atoms with Gasteiger partial charge in [0.05, 0.1) is 24.7 Å². The van der Waals surface area contributed by atoms with Crippen molar-refractivity contribution in [3.63, 3.8) is 0 Å². The average molecular weight is 393 g/mol. The van der Waals surface area contributed by atoms with Gasteiger partial charge in [-0.1, -0.05) is 12.1 Å². The van der Waals surface area contributed by atoms with Crippen molar-refractivity contribution in [2.45, 2.75) is 19.1 Å². The molecule has 0 unspecified atom stereocenters. The normalized spacial score (nSPS) is 22.6. The average Bonchev–Trinajstić information content (AvgIpc) is 2.68. The summed E-state index contributed by atoms with van der Waals surface area (Å²) in [7, 11) is 4.12. The third-order valence-corrected chi connectivity index (χ3v) is 5.61. The molecule has 29 heavy (non-hydrogen) atoms. The minimum atomic E-state index is -0.466. The molecule has 152 valence electrons. The molecule has 1 aromatic heterocycles.